The fraction of sp³-hybridized carbons (Fsp3) is 0.143. The van der Waals surface area contributed by atoms with Gasteiger partial charge in [0.25, 0.3) is 0 Å². The van der Waals surface area contributed by atoms with Crippen LogP contribution in [0.15, 0.2) is 42.7 Å². The predicted molar refractivity (Wildman–Crippen MR) is 72.7 cm³/mol. The highest BCUT2D eigenvalue weighted by atomic mass is 35.5. The average Bonchev–Trinajstić information content (AvgIpc) is 2.85. The minimum Gasteiger partial charge on any atom is -0.289 e. The molecule has 1 aromatic carbocycles. The number of carbonyl (C=O) groups is 1. The molecule has 0 aliphatic carbocycles. The number of allylic oxidation sites excluding steroid dienone is 1. The highest BCUT2D eigenvalue weighted by Gasteiger charge is 2.02. The molecule has 0 amide bonds. The van der Waals surface area contributed by atoms with Crippen LogP contribution in [0.1, 0.15) is 15.9 Å². The van der Waals surface area contributed by atoms with E-state index >= 15 is 0 Å². The van der Waals surface area contributed by atoms with Crippen LogP contribution in [0.3, 0.4) is 0 Å². The zero-order valence-electron chi connectivity index (χ0n) is 10.1. The van der Waals surface area contributed by atoms with Crippen molar-refractivity contribution in [2.75, 3.05) is 5.88 Å². The van der Waals surface area contributed by atoms with Crippen molar-refractivity contribution in [1.82, 2.24) is 9.78 Å². The van der Waals surface area contributed by atoms with Gasteiger partial charge in [-0.05, 0) is 36.4 Å². The van der Waals surface area contributed by atoms with E-state index in [9.17, 15) is 9.18 Å². The van der Waals surface area contributed by atoms with Crippen molar-refractivity contribution >= 4 is 23.5 Å². The third-order valence-electron chi connectivity index (χ3n) is 2.52. The molecule has 0 atom stereocenters. The van der Waals surface area contributed by atoms with Crippen molar-refractivity contribution in [3.63, 3.8) is 0 Å². The Bertz CT molecular complexity index is 590. The van der Waals surface area contributed by atoms with Gasteiger partial charge in [-0.2, -0.15) is 5.10 Å². The highest BCUT2D eigenvalue weighted by Crippen LogP contribution is 2.07. The molecule has 19 heavy (non-hydrogen) atoms. The lowest BCUT2D eigenvalue weighted by atomic mass is 10.1. The molecule has 0 N–H and O–H groups in total. The number of rotatable bonds is 5. The number of hydrogen-bond acceptors (Lipinski definition) is 2. The molecule has 5 heteroatoms. The molecule has 0 saturated heterocycles. The van der Waals surface area contributed by atoms with Crippen molar-refractivity contribution in [1.29, 1.82) is 0 Å². The summed E-state index contributed by atoms with van der Waals surface area (Å²) in [6.45, 7) is 0.626. The summed E-state index contributed by atoms with van der Waals surface area (Å²) in [4.78, 5) is 11.8. The molecule has 1 heterocycles. The molecule has 0 radical (unpaired) electrons. The van der Waals surface area contributed by atoms with E-state index < -0.39 is 0 Å². The molecule has 0 unspecified atom stereocenters. The second kappa shape index (κ2) is 6.29. The maximum absolute atomic E-state index is 12.7. The van der Waals surface area contributed by atoms with Crippen LogP contribution in [0.2, 0.25) is 0 Å². The number of benzene rings is 1. The predicted octanol–water partition coefficient (Wildman–Crippen LogP) is 3.16. The van der Waals surface area contributed by atoms with E-state index in [0.717, 1.165) is 5.56 Å². The molecule has 0 fully saturated rings. The molecule has 0 aliphatic heterocycles. The Balaban J connectivity index is 2.04. The summed E-state index contributed by atoms with van der Waals surface area (Å²) in [6.07, 6.45) is 6.57. The molecule has 0 saturated carbocycles. The molecular weight excluding hydrogens is 267 g/mol. The quantitative estimate of drug-likeness (QED) is 0.478. The minimum atomic E-state index is -0.358. The smallest absolute Gasteiger partial charge is 0.185 e. The van der Waals surface area contributed by atoms with Crippen LogP contribution in [-0.2, 0) is 6.54 Å². The second-order valence-corrected chi connectivity index (χ2v) is 4.31. The average molecular weight is 279 g/mol. The van der Waals surface area contributed by atoms with Crippen LogP contribution in [0.5, 0.6) is 0 Å². The van der Waals surface area contributed by atoms with Gasteiger partial charge in [-0.15, -0.1) is 11.6 Å². The Kier molecular flexibility index (Phi) is 4.47. The van der Waals surface area contributed by atoms with Crippen LogP contribution in [0.4, 0.5) is 4.39 Å². The van der Waals surface area contributed by atoms with Crippen molar-refractivity contribution < 1.29 is 9.18 Å². The third-order valence-corrected chi connectivity index (χ3v) is 2.69. The van der Waals surface area contributed by atoms with Crippen LogP contribution in [-0.4, -0.2) is 21.4 Å². The molecular formula is C14H12ClFN2O. The SMILES string of the molecule is O=C(/C=C/c1cnn(CCCl)c1)c1ccc(F)cc1. The lowest BCUT2D eigenvalue weighted by Gasteiger charge is -1.95. The van der Waals surface area contributed by atoms with Crippen molar-refractivity contribution in [3.05, 3.63) is 59.7 Å². The summed E-state index contributed by atoms with van der Waals surface area (Å²) in [5, 5.41) is 4.09. The number of hydrogen-bond donors (Lipinski definition) is 0. The van der Waals surface area contributed by atoms with Crippen LogP contribution >= 0.6 is 11.6 Å². The Labute approximate surface area is 115 Å². The van der Waals surface area contributed by atoms with E-state index in [1.165, 1.54) is 30.3 Å². The molecule has 2 rings (SSSR count). The van der Waals surface area contributed by atoms with Gasteiger partial charge in [0, 0.05) is 23.2 Å². The number of halogens is 2. The summed E-state index contributed by atoms with van der Waals surface area (Å²) in [5.74, 6) is -0.0488. The van der Waals surface area contributed by atoms with Crippen LogP contribution in [0.25, 0.3) is 6.08 Å². The maximum atomic E-state index is 12.7. The Hall–Kier alpha value is -1.94. The first kappa shape index (κ1) is 13.5. The van der Waals surface area contributed by atoms with Gasteiger partial charge in [-0.1, -0.05) is 0 Å². The van der Waals surface area contributed by atoms with Crippen molar-refractivity contribution in [2.45, 2.75) is 6.54 Å². The van der Waals surface area contributed by atoms with Gasteiger partial charge in [0.2, 0.25) is 0 Å². The number of aryl methyl sites for hydroxylation is 1. The summed E-state index contributed by atoms with van der Waals surface area (Å²) < 4.78 is 14.4. The molecule has 3 nitrogen and oxygen atoms in total. The number of aromatic nitrogens is 2. The van der Waals surface area contributed by atoms with Gasteiger partial charge in [0.1, 0.15) is 5.82 Å². The standard InChI is InChI=1S/C14H12ClFN2O/c15-7-8-18-10-11(9-17-18)1-6-14(19)12-2-4-13(16)5-3-12/h1-6,9-10H,7-8H2/b6-1+. The summed E-state index contributed by atoms with van der Waals surface area (Å²) in [7, 11) is 0. The van der Waals surface area contributed by atoms with Gasteiger partial charge < -0.3 is 0 Å². The zero-order valence-corrected chi connectivity index (χ0v) is 10.8. The number of carbonyl (C=O) groups excluding carboxylic acids is 1. The molecule has 1 aromatic heterocycles. The molecule has 0 spiro atoms. The highest BCUT2D eigenvalue weighted by molar-refractivity contribution is 6.17. The summed E-state index contributed by atoms with van der Waals surface area (Å²) >= 11 is 5.60. The van der Waals surface area contributed by atoms with E-state index in [2.05, 4.69) is 5.10 Å². The van der Waals surface area contributed by atoms with E-state index in [1.54, 1.807) is 23.2 Å². The van der Waals surface area contributed by atoms with E-state index in [1.807, 2.05) is 0 Å². The van der Waals surface area contributed by atoms with Gasteiger partial charge >= 0.3 is 0 Å². The first-order valence-corrected chi connectivity index (χ1v) is 6.29. The van der Waals surface area contributed by atoms with E-state index in [0.29, 0.717) is 18.0 Å². The maximum Gasteiger partial charge on any atom is 0.185 e. The summed E-state index contributed by atoms with van der Waals surface area (Å²) in [6, 6.07) is 5.44. The number of alkyl halides is 1. The second-order valence-electron chi connectivity index (χ2n) is 3.93. The van der Waals surface area contributed by atoms with Crippen molar-refractivity contribution in [3.8, 4) is 0 Å². The van der Waals surface area contributed by atoms with Gasteiger partial charge in [-0.25, -0.2) is 4.39 Å². The third kappa shape index (κ3) is 3.76. The minimum absolute atomic E-state index is 0.176. The van der Waals surface area contributed by atoms with E-state index in [4.69, 9.17) is 11.6 Å². The lowest BCUT2D eigenvalue weighted by Crippen LogP contribution is -1.98. The van der Waals surface area contributed by atoms with Gasteiger partial charge in [0.15, 0.2) is 5.78 Å². The number of ketones is 1. The fourth-order valence-corrected chi connectivity index (χ4v) is 1.73. The topological polar surface area (TPSA) is 34.9 Å². The van der Waals surface area contributed by atoms with E-state index in [-0.39, 0.29) is 11.6 Å². The Morgan fingerprint density at radius 1 is 1.37 bits per heavy atom. The van der Waals surface area contributed by atoms with Crippen molar-refractivity contribution in [2.24, 2.45) is 0 Å². The number of nitrogens with zero attached hydrogens (tertiary/aromatic N) is 2. The molecule has 2 aromatic rings. The van der Waals surface area contributed by atoms with Gasteiger partial charge in [-0.3, -0.25) is 9.48 Å². The molecule has 0 aliphatic rings. The fourth-order valence-electron chi connectivity index (χ4n) is 1.56. The van der Waals surface area contributed by atoms with Crippen LogP contribution < -0.4 is 0 Å². The lowest BCUT2D eigenvalue weighted by molar-refractivity contribution is 0.104. The summed E-state index contributed by atoms with van der Waals surface area (Å²) in [5.41, 5.74) is 1.27. The van der Waals surface area contributed by atoms with Gasteiger partial charge in [0.05, 0.1) is 12.7 Å². The molecule has 98 valence electrons. The zero-order chi connectivity index (χ0) is 13.7. The first-order chi connectivity index (χ1) is 9.19. The monoisotopic (exact) mass is 278 g/mol. The largest absolute Gasteiger partial charge is 0.289 e. The molecule has 0 bridgehead atoms. The Morgan fingerprint density at radius 3 is 2.79 bits per heavy atom. The normalized spacial score (nSPS) is 11.1. The Morgan fingerprint density at radius 2 is 2.11 bits per heavy atom. The first-order valence-electron chi connectivity index (χ1n) is 5.75. The van der Waals surface area contributed by atoms with Crippen LogP contribution in [0, 0.1) is 5.82 Å².